The highest BCUT2D eigenvalue weighted by Gasteiger charge is 2.21. The number of carbonyl (C=O) groups excluding carboxylic acids is 2. The highest BCUT2D eigenvalue weighted by atomic mass is 79.9. The fourth-order valence-electron chi connectivity index (χ4n) is 1.50. The normalized spacial score (nSPS) is 12.0. The first-order chi connectivity index (χ1) is 8.51. The van der Waals surface area contributed by atoms with Gasteiger partial charge in [0.15, 0.2) is 5.78 Å². The fraction of sp³-hybridized carbons (Fsp3) is 0.385. The number of rotatable bonds is 5. The van der Waals surface area contributed by atoms with Crippen LogP contribution in [0.25, 0.3) is 0 Å². The van der Waals surface area contributed by atoms with Crippen molar-refractivity contribution in [3.63, 3.8) is 0 Å². The van der Waals surface area contributed by atoms with Crippen LogP contribution in [0.15, 0.2) is 18.2 Å². The van der Waals surface area contributed by atoms with E-state index in [1.54, 1.807) is 19.9 Å². The Morgan fingerprint density at radius 1 is 1.39 bits per heavy atom. The lowest BCUT2D eigenvalue weighted by atomic mass is 9.99. The van der Waals surface area contributed by atoms with Crippen LogP contribution in [-0.2, 0) is 11.3 Å². The van der Waals surface area contributed by atoms with Gasteiger partial charge in [-0.2, -0.15) is 0 Å². The highest BCUT2D eigenvalue weighted by Crippen LogP contribution is 2.18. The number of alkyl halides is 1. The summed E-state index contributed by atoms with van der Waals surface area (Å²) in [5.74, 6) is -0.744. The minimum atomic E-state index is -0.552. The third-order valence-corrected chi connectivity index (χ3v) is 2.80. The molecule has 0 fully saturated rings. The minimum absolute atomic E-state index is 0.190. The first-order valence-electron chi connectivity index (χ1n) is 5.60. The smallest absolute Gasteiger partial charge is 0.338 e. The van der Waals surface area contributed by atoms with Gasteiger partial charge < -0.3 is 9.84 Å². The minimum Gasteiger partial charge on any atom is -0.462 e. The first-order valence-corrected chi connectivity index (χ1v) is 6.52. The summed E-state index contributed by atoms with van der Waals surface area (Å²) in [7, 11) is 0. The van der Waals surface area contributed by atoms with E-state index >= 15 is 0 Å². The van der Waals surface area contributed by atoms with Gasteiger partial charge in [0.05, 0.1) is 23.6 Å². The van der Waals surface area contributed by atoms with Gasteiger partial charge >= 0.3 is 5.97 Å². The molecule has 0 aliphatic rings. The third-order valence-electron chi connectivity index (χ3n) is 2.39. The van der Waals surface area contributed by atoms with Crippen molar-refractivity contribution in [3.05, 3.63) is 34.9 Å². The van der Waals surface area contributed by atoms with Crippen LogP contribution in [0.4, 0.5) is 0 Å². The van der Waals surface area contributed by atoms with E-state index in [2.05, 4.69) is 15.9 Å². The van der Waals surface area contributed by atoms with E-state index in [1.807, 2.05) is 0 Å². The molecule has 1 atom stereocenters. The number of carbonyl (C=O) groups is 2. The Labute approximate surface area is 114 Å². The summed E-state index contributed by atoms with van der Waals surface area (Å²) in [6.07, 6.45) is 0. The maximum absolute atomic E-state index is 12.0. The van der Waals surface area contributed by atoms with E-state index in [-0.39, 0.29) is 29.4 Å². The number of Topliss-reactive ketones (excluding diaryl/α,β-unsaturated/α-hetero) is 1. The molecule has 0 aromatic heterocycles. The Morgan fingerprint density at radius 3 is 2.56 bits per heavy atom. The molecule has 0 spiro atoms. The van der Waals surface area contributed by atoms with Gasteiger partial charge in [-0.05, 0) is 25.5 Å². The average molecular weight is 315 g/mol. The van der Waals surface area contributed by atoms with Crippen molar-refractivity contribution < 1.29 is 19.4 Å². The molecule has 1 aromatic carbocycles. The molecule has 1 rings (SSSR count). The van der Waals surface area contributed by atoms with E-state index in [4.69, 9.17) is 9.84 Å². The molecule has 4 nitrogen and oxygen atoms in total. The van der Waals surface area contributed by atoms with Crippen LogP contribution < -0.4 is 0 Å². The van der Waals surface area contributed by atoms with Crippen molar-refractivity contribution in [2.24, 2.45) is 0 Å². The summed E-state index contributed by atoms with van der Waals surface area (Å²) >= 11 is 3.18. The van der Waals surface area contributed by atoms with E-state index in [0.29, 0.717) is 11.1 Å². The van der Waals surface area contributed by atoms with E-state index in [1.165, 1.54) is 12.1 Å². The second-order valence-corrected chi connectivity index (χ2v) is 5.11. The van der Waals surface area contributed by atoms with Crippen molar-refractivity contribution >= 4 is 27.7 Å². The average Bonchev–Trinajstić information content (AvgIpc) is 2.37. The van der Waals surface area contributed by atoms with Gasteiger partial charge in [0.1, 0.15) is 0 Å². The second-order valence-electron chi connectivity index (χ2n) is 3.74. The first kappa shape index (κ1) is 14.9. The van der Waals surface area contributed by atoms with Crippen LogP contribution in [0.1, 0.15) is 40.1 Å². The van der Waals surface area contributed by atoms with Crippen molar-refractivity contribution in [3.8, 4) is 0 Å². The Kier molecular flexibility index (Phi) is 5.50. The number of ketones is 1. The molecule has 18 heavy (non-hydrogen) atoms. The van der Waals surface area contributed by atoms with Crippen LogP contribution >= 0.6 is 15.9 Å². The number of ether oxygens (including phenoxy) is 1. The summed E-state index contributed by atoms with van der Waals surface area (Å²) in [5.41, 5.74) is 1.06. The SMILES string of the molecule is CCOC(=O)c1cc(CO)ccc1C(=O)C(C)Br. The van der Waals surface area contributed by atoms with Crippen LogP contribution in [0.5, 0.6) is 0 Å². The number of hydrogen-bond donors (Lipinski definition) is 1. The number of hydrogen-bond acceptors (Lipinski definition) is 4. The largest absolute Gasteiger partial charge is 0.462 e. The maximum atomic E-state index is 12.0. The molecule has 0 amide bonds. The molecule has 0 saturated heterocycles. The Hall–Kier alpha value is -1.20. The van der Waals surface area contributed by atoms with Crippen molar-refractivity contribution in [1.29, 1.82) is 0 Å². The summed E-state index contributed by atoms with van der Waals surface area (Å²) in [4.78, 5) is 23.4. The standard InChI is InChI=1S/C13H15BrO4/c1-3-18-13(17)11-6-9(7-15)4-5-10(11)12(16)8(2)14/h4-6,8,15H,3,7H2,1-2H3. The molecular weight excluding hydrogens is 300 g/mol. The van der Waals surface area contributed by atoms with Gasteiger partial charge in [-0.25, -0.2) is 4.79 Å². The van der Waals surface area contributed by atoms with Crippen LogP contribution in [0.3, 0.4) is 0 Å². The number of halogens is 1. The summed E-state index contributed by atoms with van der Waals surface area (Å²) < 4.78 is 4.91. The number of aliphatic hydroxyl groups is 1. The molecular formula is C13H15BrO4. The van der Waals surface area contributed by atoms with Crippen molar-refractivity contribution in [2.45, 2.75) is 25.3 Å². The van der Waals surface area contributed by atoms with Gasteiger partial charge in [0.25, 0.3) is 0 Å². The van der Waals surface area contributed by atoms with Crippen LogP contribution in [0, 0.1) is 0 Å². The lowest BCUT2D eigenvalue weighted by Crippen LogP contribution is -2.17. The Morgan fingerprint density at radius 2 is 2.06 bits per heavy atom. The molecule has 0 aliphatic carbocycles. The van der Waals surface area contributed by atoms with E-state index < -0.39 is 5.97 Å². The molecule has 0 saturated carbocycles. The van der Waals surface area contributed by atoms with Crippen molar-refractivity contribution in [1.82, 2.24) is 0 Å². The van der Waals surface area contributed by atoms with Gasteiger partial charge in [-0.15, -0.1) is 0 Å². The third kappa shape index (κ3) is 3.40. The molecule has 98 valence electrons. The van der Waals surface area contributed by atoms with Crippen LogP contribution in [0.2, 0.25) is 0 Å². The lowest BCUT2D eigenvalue weighted by Gasteiger charge is -2.10. The molecule has 0 radical (unpaired) electrons. The predicted octanol–water partition coefficient (Wildman–Crippen LogP) is 2.32. The Bertz CT molecular complexity index is 454. The summed E-state index contributed by atoms with van der Waals surface area (Å²) in [6, 6.07) is 4.64. The molecule has 1 N–H and O–H groups in total. The van der Waals surface area contributed by atoms with Gasteiger partial charge in [0, 0.05) is 5.56 Å². The van der Waals surface area contributed by atoms with Crippen LogP contribution in [-0.4, -0.2) is 28.3 Å². The van der Waals surface area contributed by atoms with Gasteiger partial charge in [-0.1, -0.05) is 28.1 Å². The monoisotopic (exact) mass is 314 g/mol. The highest BCUT2D eigenvalue weighted by molar-refractivity contribution is 9.10. The zero-order chi connectivity index (χ0) is 13.7. The molecule has 0 heterocycles. The van der Waals surface area contributed by atoms with E-state index in [0.717, 1.165) is 0 Å². The zero-order valence-electron chi connectivity index (χ0n) is 10.3. The fourth-order valence-corrected chi connectivity index (χ4v) is 1.74. The maximum Gasteiger partial charge on any atom is 0.338 e. The van der Waals surface area contributed by atoms with Gasteiger partial charge in [-0.3, -0.25) is 4.79 Å². The number of benzene rings is 1. The number of esters is 1. The second kappa shape index (κ2) is 6.66. The molecule has 0 aliphatic heterocycles. The Balaban J connectivity index is 3.24. The summed E-state index contributed by atoms with van der Waals surface area (Å²) in [6.45, 7) is 3.43. The molecule has 1 unspecified atom stereocenters. The topological polar surface area (TPSA) is 63.6 Å². The molecule has 5 heteroatoms. The molecule has 0 bridgehead atoms. The molecule has 1 aromatic rings. The quantitative estimate of drug-likeness (QED) is 0.514. The van der Waals surface area contributed by atoms with Crippen molar-refractivity contribution in [2.75, 3.05) is 6.61 Å². The number of aliphatic hydroxyl groups excluding tert-OH is 1. The lowest BCUT2D eigenvalue weighted by molar-refractivity contribution is 0.0523. The van der Waals surface area contributed by atoms with E-state index in [9.17, 15) is 9.59 Å². The van der Waals surface area contributed by atoms with Gasteiger partial charge in [0.2, 0.25) is 0 Å². The zero-order valence-corrected chi connectivity index (χ0v) is 11.9. The summed E-state index contributed by atoms with van der Waals surface area (Å²) in [5, 5.41) is 9.07. The predicted molar refractivity (Wildman–Crippen MR) is 71.0 cm³/mol.